The van der Waals surface area contributed by atoms with Crippen molar-refractivity contribution in [3.63, 3.8) is 0 Å². The van der Waals surface area contributed by atoms with E-state index in [1.165, 1.54) is 0 Å². The van der Waals surface area contributed by atoms with Crippen molar-refractivity contribution < 1.29 is 14.0 Å². The second kappa shape index (κ2) is 6.23. The van der Waals surface area contributed by atoms with Gasteiger partial charge in [0.2, 0.25) is 11.7 Å². The molecule has 0 unspecified atom stereocenters. The van der Waals surface area contributed by atoms with Crippen LogP contribution in [0.1, 0.15) is 5.89 Å². The van der Waals surface area contributed by atoms with Crippen molar-refractivity contribution >= 4 is 5.69 Å². The van der Waals surface area contributed by atoms with E-state index in [4.69, 9.17) is 8.94 Å². The summed E-state index contributed by atoms with van der Waals surface area (Å²) >= 11 is 0. The largest absolute Gasteiger partial charge is 0.461 e. The predicted molar refractivity (Wildman–Crippen MR) is 76.6 cm³/mol. The predicted octanol–water partition coefficient (Wildman–Crippen LogP) is 2.33. The highest BCUT2D eigenvalue weighted by molar-refractivity contribution is 5.47. The van der Waals surface area contributed by atoms with Crippen LogP contribution in [0.4, 0.5) is 5.69 Å². The van der Waals surface area contributed by atoms with Crippen LogP contribution in [-0.2, 0) is 6.54 Å². The van der Waals surface area contributed by atoms with Gasteiger partial charge in [0.15, 0.2) is 5.76 Å². The standard InChI is InChI=1S/C15H15N3O3/c19-9-8-18(12-5-2-1-3-6-12)11-14-16-15(17-21-14)13-7-4-10-20-13/h1-7,10,19H,8-9,11H2. The van der Waals surface area contributed by atoms with Crippen LogP contribution in [-0.4, -0.2) is 28.4 Å². The maximum Gasteiger partial charge on any atom is 0.246 e. The highest BCUT2D eigenvalue weighted by Crippen LogP contribution is 2.19. The normalized spacial score (nSPS) is 10.7. The SMILES string of the molecule is OCCN(Cc1nc(-c2ccco2)no1)c1ccccc1. The minimum atomic E-state index is 0.0497. The second-order valence-corrected chi connectivity index (χ2v) is 4.47. The van der Waals surface area contributed by atoms with Crippen LogP contribution in [0.15, 0.2) is 57.7 Å². The van der Waals surface area contributed by atoms with Gasteiger partial charge >= 0.3 is 0 Å². The maximum atomic E-state index is 9.21. The van der Waals surface area contributed by atoms with Gasteiger partial charge < -0.3 is 18.9 Å². The molecule has 3 aromatic rings. The van der Waals surface area contributed by atoms with E-state index in [0.717, 1.165) is 5.69 Å². The summed E-state index contributed by atoms with van der Waals surface area (Å²) in [5.74, 6) is 1.46. The summed E-state index contributed by atoms with van der Waals surface area (Å²) in [6, 6.07) is 13.3. The van der Waals surface area contributed by atoms with Gasteiger partial charge in [-0.3, -0.25) is 0 Å². The quantitative estimate of drug-likeness (QED) is 0.749. The lowest BCUT2D eigenvalue weighted by atomic mass is 10.3. The maximum absolute atomic E-state index is 9.21. The van der Waals surface area contributed by atoms with Gasteiger partial charge in [-0.1, -0.05) is 23.4 Å². The first-order valence-corrected chi connectivity index (χ1v) is 6.64. The van der Waals surface area contributed by atoms with Gasteiger partial charge in [-0.05, 0) is 24.3 Å². The highest BCUT2D eigenvalue weighted by Gasteiger charge is 2.14. The molecule has 0 aliphatic rings. The van der Waals surface area contributed by atoms with E-state index in [1.54, 1.807) is 18.4 Å². The number of nitrogens with zero attached hydrogens (tertiary/aromatic N) is 3. The first-order valence-electron chi connectivity index (χ1n) is 6.64. The van der Waals surface area contributed by atoms with E-state index in [2.05, 4.69) is 10.1 Å². The van der Waals surface area contributed by atoms with E-state index in [-0.39, 0.29) is 6.61 Å². The number of aromatic nitrogens is 2. The van der Waals surface area contributed by atoms with Crippen LogP contribution < -0.4 is 4.90 Å². The minimum absolute atomic E-state index is 0.0497. The van der Waals surface area contributed by atoms with Gasteiger partial charge in [0.1, 0.15) is 0 Å². The number of para-hydroxylation sites is 1. The van der Waals surface area contributed by atoms with Gasteiger partial charge in [-0.15, -0.1) is 0 Å². The molecule has 0 aliphatic heterocycles. The molecule has 0 aliphatic carbocycles. The third-order valence-corrected chi connectivity index (χ3v) is 3.03. The lowest BCUT2D eigenvalue weighted by molar-refractivity contribution is 0.298. The van der Waals surface area contributed by atoms with Crippen molar-refractivity contribution in [3.05, 3.63) is 54.6 Å². The van der Waals surface area contributed by atoms with E-state index in [9.17, 15) is 5.11 Å². The van der Waals surface area contributed by atoms with E-state index >= 15 is 0 Å². The fourth-order valence-electron chi connectivity index (χ4n) is 2.05. The van der Waals surface area contributed by atoms with Crippen LogP contribution in [0, 0.1) is 0 Å². The van der Waals surface area contributed by atoms with Crippen molar-refractivity contribution in [3.8, 4) is 11.6 Å². The number of hydrogen-bond acceptors (Lipinski definition) is 6. The number of aliphatic hydroxyl groups is 1. The Kier molecular flexibility index (Phi) is 3.97. The van der Waals surface area contributed by atoms with Gasteiger partial charge in [0, 0.05) is 12.2 Å². The molecular formula is C15H15N3O3. The average Bonchev–Trinajstić information content (AvgIpc) is 3.19. The smallest absolute Gasteiger partial charge is 0.246 e. The van der Waals surface area contributed by atoms with Crippen molar-refractivity contribution in [2.75, 3.05) is 18.1 Å². The Balaban J connectivity index is 1.77. The number of aliphatic hydroxyl groups excluding tert-OH is 1. The summed E-state index contributed by atoms with van der Waals surface area (Å²) in [5, 5.41) is 13.1. The number of furan rings is 1. The molecule has 2 heterocycles. The summed E-state index contributed by atoms with van der Waals surface area (Å²) in [7, 11) is 0. The van der Waals surface area contributed by atoms with Crippen LogP contribution >= 0.6 is 0 Å². The molecule has 6 heteroatoms. The van der Waals surface area contributed by atoms with E-state index < -0.39 is 0 Å². The van der Waals surface area contributed by atoms with Crippen molar-refractivity contribution in [2.24, 2.45) is 0 Å². The van der Waals surface area contributed by atoms with Gasteiger partial charge in [0.25, 0.3) is 0 Å². The number of anilines is 1. The molecule has 0 saturated heterocycles. The molecule has 6 nitrogen and oxygen atoms in total. The number of rotatable bonds is 6. The minimum Gasteiger partial charge on any atom is -0.461 e. The van der Waals surface area contributed by atoms with Gasteiger partial charge in [-0.2, -0.15) is 4.98 Å². The molecule has 0 atom stereocenters. The molecule has 1 aromatic carbocycles. The zero-order chi connectivity index (χ0) is 14.5. The van der Waals surface area contributed by atoms with E-state index in [0.29, 0.717) is 30.6 Å². The molecule has 0 saturated carbocycles. The molecule has 108 valence electrons. The molecule has 0 radical (unpaired) electrons. The topological polar surface area (TPSA) is 75.5 Å². The zero-order valence-corrected chi connectivity index (χ0v) is 11.3. The van der Waals surface area contributed by atoms with Crippen LogP contribution in [0.2, 0.25) is 0 Å². The molecular weight excluding hydrogens is 270 g/mol. The van der Waals surface area contributed by atoms with Crippen molar-refractivity contribution in [1.82, 2.24) is 10.1 Å². The van der Waals surface area contributed by atoms with Crippen molar-refractivity contribution in [1.29, 1.82) is 0 Å². The molecule has 0 amide bonds. The van der Waals surface area contributed by atoms with Crippen molar-refractivity contribution in [2.45, 2.75) is 6.54 Å². The molecule has 0 fully saturated rings. The summed E-state index contributed by atoms with van der Waals surface area (Å²) in [6.07, 6.45) is 1.56. The fourth-order valence-corrected chi connectivity index (χ4v) is 2.05. The van der Waals surface area contributed by atoms with Gasteiger partial charge in [-0.25, -0.2) is 0 Å². The summed E-state index contributed by atoms with van der Waals surface area (Å²) in [4.78, 5) is 6.28. The summed E-state index contributed by atoms with van der Waals surface area (Å²) < 4.78 is 10.5. The Labute approximate surface area is 121 Å². The Bertz CT molecular complexity index is 665. The molecule has 2 aromatic heterocycles. The first kappa shape index (κ1) is 13.4. The molecule has 1 N–H and O–H groups in total. The Morgan fingerprint density at radius 3 is 2.67 bits per heavy atom. The Hall–Kier alpha value is -2.60. The van der Waals surface area contributed by atoms with Crippen LogP contribution in [0.5, 0.6) is 0 Å². The Morgan fingerprint density at radius 2 is 1.95 bits per heavy atom. The fraction of sp³-hybridized carbons (Fsp3) is 0.200. The molecule has 0 bridgehead atoms. The van der Waals surface area contributed by atoms with E-state index in [1.807, 2.05) is 35.2 Å². The Morgan fingerprint density at radius 1 is 1.10 bits per heavy atom. The zero-order valence-electron chi connectivity index (χ0n) is 11.3. The van der Waals surface area contributed by atoms with Crippen LogP contribution in [0.3, 0.4) is 0 Å². The number of benzene rings is 1. The third-order valence-electron chi connectivity index (χ3n) is 3.03. The third kappa shape index (κ3) is 3.11. The molecule has 0 spiro atoms. The lowest BCUT2D eigenvalue weighted by Gasteiger charge is -2.21. The molecule has 21 heavy (non-hydrogen) atoms. The average molecular weight is 285 g/mol. The summed E-state index contributed by atoms with van der Waals surface area (Å²) in [5.41, 5.74) is 0.990. The summed E-state index contributed by atoms with van der Waals surface area (Å²) in [6.45, 7) is 0.967. The van der Waals surface area contributed by atoms with Gasteiger partial charge in [0.05, 0.1) is 19.4 Å². The first-order chi connectivity index (χ1) is 10.4. The lowest BCUT2D eigenvalue weighted by Crippen LogP contribution is -2.26. The monoisotopic (exact) mass is 285 g/mol. The number of hydrogen-bond donors (Lipinski definition) is 1. The second-order valence-electron chi connectivity index (χ2n) is 4.47. The highest BCUT2D eigenvalue weighted by atomic mass is 16.5. The molecule has 3 rings (SSSR count). The van der Waals surface area contributed by atoms with Crippen LogP contribution in [0.25, 0.3) is 11.6 Å².